The van der Waals surface area contributed by atoms with Crippen LogP contribution in [0.25, 0.3) is 0 Å². The molecule has 1 atom stereocenters. The van der Waals surface area contributed by atoms with E-state index in [-0.39, 0.29) is 5.78 Å². The van der Waals surface area contributed by atoms with Gasteiger partial charge < -0.3 is 14.7 Å². The van der Waals surface area contributed by atoms with Gasteiger partial charge in [0.25, 0.3) is 0 Å². The Kier molecular flexibility index (Phi) is 6.21. The second-order valence-electron chi connectivity index (χ2n) is 5.57. The highest BCUT2D eigenvalue weighted by atomic mass is 16.5. The molecule has 1 unspecified atom stereocenters. The number of carbonyl (C=O) groups excluding carboxylic acids is 1. The van der Waals surface area contributed by atoms with Gasteiger partial charge in [-0.15, -0.1) is 0 Å². The van der Waals surface area contributed by atoms with Crippen molar-refractivity contribution in [1.29, 1.82) is 0 Å². The number of ether oxygens (including phenoxy) is 1. The van der Waals surface area contributed by atoms with Crippen LogP contribution in [0.2, 0.25) is 0 Å². The molecule has 0 saturated carbocycles. The van der Waals surface area contributed by atoms with Crippen LogP contribution in [0.3, 0.4) is 0 Å². The van der Waals surface area contributed by atoms with E-state index in [4.69, 9.17) is 4.74 Å². The summed E-state index contributed by atoms with van der Waals surface area (Å²) in [5, 5.41) is 10.1. The molecule has 0 aromatic heterocycles. The summed E-state index contributed by atoms with van der Waals surface area (Å²) in [4.78, 5) is 14.2. The first-order valence-corrected chi connectivity index (χ1v) is 7.85. The van der Waals surface area contributed by atoms with Gasteiger partial charge in [0, 0.05) is 37.4 Å². The maximum Gasteiger partial charge on any atom is 0.165 e. The van der Waals surface area contributed by atoms with Gasteiger partial charge in [0.2, 0.25) is 0 Å². The minimum atomic E-state index is -0.525. The van der Waals surface area contributed by atoms with Crippen molar-refractivity contribution in [2.75, 3.05) is 31.2 Å². The number of rotatable bonds is 7. The molecule has 1 aromatic rings. The number of carbonyl (C=O) groups is 1. The lowest BCUT2D eigenvalue weighted by atomic mass is 10.1. The minimum absolute atomic E-state index is 0.196. The van der Waals surface area contributed by atoms with E-state index in [0.29, 0.717) is 26.2 Å². The highest BCUT2D eigenvalue weighted by Crippen LogP contribution is 2.26. The van der Waals surface area contributed by atoms with E-state index < -0.39 is 6.10 Å². The topological polar surface area (TPSA) is 49.8 Å². The maximum atomic E-state index is 12.1. The number of Topliss-reactive ketones (excluding diaryl/α,β-unsaturated/α-hetero) is 1. The van der Waals surface area contributed by atoms with Gasteiger partial charge in [-0.3, -0.25) is 4.79 Å². The van der Waals surface area contributed by atoms with E-state index >= 15 is 0 Å². The van der Waals surface area contributed by atoms with Crippen LogP contribution in [0.15, 0.2) is 24.3 Å². The van der Waals surface area contributed by atoms with E-state index in [1.165, 1.54) is 0 Å². The van der Waals surface area contributed by atoms with Crippen LogP contribution in [0.4, 0.5) is 5.69 Å². The van der Waals surface area contributed by atoms with E-state index in [9.17, 15) is 9.90 Å². The third-order valence-electron chi connectivity index (χ3n) is 3.76. The van der Waals surface area contributed by atoms with E-state index in [1.807, 2.05) is 24.3 Å². The van der Waals surface area contributed by atoms with Crippen molar-refractivity contribution in [2.45, 2.75) is 38.7 Å². The SMILES string of the molecule is CCCCOCC(O)CN1CCCC(=O)c2ccccc21. The van der Waals surface area contributed by atoms with Crippen molar-refractivity contribution in [3.05, 3.63) is 29.8 Å². The number of para-hydroxylation sites is 1. The van der Waals surface area contributed by atoms with Gasteiger partial charge in [0.15, 0.2) is 5.78 Å². The fraction of sp³-hybridized carbons (Fsp3) is 0.588. The lowest BCUT2D eigenvalue weighted by Crippen LogP contribution is -2.35. The Morgan fingerprint density at radius 2 is 2.19 bits per heavy atom. The van der Waals surface area contributed by atoms with Crippen LogP contribution < -0.4 is 4.90 Å². The summed E-state index contributed by atoms with van der Waals surface area (Å²) >= 11 is 0. The first-order valence-electron chi connectivity index (χ1n) is 7.85. The third kappa shape index (κ3) is 4.55. The highest BCUT2D eigenvalue weighted by molar-refractivity contribution is 6.01. The highest BCUT2D eigenvalue weighted by Gasteiger charge is 2.22. The average molecular weight is 291 g/mol. The van der Waals surface area contributed by atoms with Crippen LogP contribution in [0.1, 0.15) is 43.0 Å². The summed E-state index contributed by atoms with van der Waals surface area (Å²) in [7, 11) is 0. The number of hydrogen-bond acceptors (Lipinski definition) is 4. The fourth-order valence-electron chi connectivity index (χ4n) is 2.63. The number of ketones is 1. The molecule has 0 aliphatic carbocycles. The quantitative estimate of drug-likeness (QED) is 0.785. The van der Waals surface area contributed by atoms with E-state index in [1.54, 1.807) is 0 Å². The molecule has 0 radical (unpaired) electrons. The number of nitrogens with zero attached hydrogens (tertiary/aromatic N) is 1. The van der Waals surface area contributed by atoms with Gasteiger partial charge >= 0.3 is 0 Å². The van der Waals surface area contributed by atoms with Gasteiger partial charge in [-0.25, -0.2) is 0 Å². The van der Waals surface area contributed by atoms with Crippen molar-refractivity contribution in [1.82, 2.24) is 0 Å². The summed E-state index contributed by atoms with van der Waals surface area (Å²) in [5.74, 6) is 0.196. The Balaban J connectivity index is 1.96. The number of anilines is 1. The van der Waals surface area contributed by atoms with Crippen molar-refractivity contribution >= 4 is 11.5 Å². The first kappa shape index (κ1) is 16.0. The first-order chi connectivity index (χ1) is 10.2. The molecular formula is C17H25NO3. The van der Waals surface area contributed by atoms with Crippen LogP contribution in [0.5, 0.6) is 0 Å². The fourth-order valence-corrected chi connectivity index (χ4v) is 2.63. The lowest BCUT2D eigenvalue weighted by Gasteiger charge is -2.27. The van der Waals surface area contributed by atoms with Gasteiger partial charge in [0.05, 0.1) is 12.7 Å². The predicted octanol–water partition coefficient (Wildman–Crippen LogP) is 2.65. The minimum Gasteiger partial charge on any atom is -0.389 e. The Bertz CT molecular complexity index is 461. The molecule has 0 bridgehead atoms. The molecule has 1 heterocycles. The molecule has 21 heavy (non-hydrogen) atoms. The molecule has 4 nitrogen and oxygen atoms in total. The van der Waals surface area contributed by atoms with Crippen molar-refractivity contribution < 1.29 is 14.6 Å². The zero-order valence-electron chi connectivity index (χ0n) is 12.8. The number of unbranched alkanes of at least 4 members (excludes halogenated alkanes) is 1. The third-order valence-corrected chi connectivity index (χ3v) is 3.76. The van der Waals surface area contributed by atoms with Gasteiger partial charge in [0.1, 0.15) is 0 Å². The Morgan fingerprint density at radius 3 is 3.00 bits per heavy atom. The molecule has 0 spiro atoms. The lowest BCUT2D eigenvalue weighted by molar-refractivity contribution is 0.0392. The average Bonchev–Trinajstić information content (AvgIpc) is 2.64. The van der Waals surface area contributed by atoms with Crippen LogP contribution in [0, 0.1) is 0 Å². The van der Waals surface area contributed by atoms with Crippen molar-refractivity contribution in [2.24, 2.45) is 0 Å². The molecule has 1 N–H and O–H groups in total. The van der Waals surface area contributed by atoms with Crippen molar-refractivity contribution in [3.63, 3.8) is 0 Å². The molecule has 0 fully saturated rings. The second-order valence-corrected chi connectivity index (χ2v) is 5.57. The van der Waals surface area contributed by atoms with Crippen LogP contribution in [-0.4, -0.2) is 43.3 Å². The van der Waals surface area contributed by atoms with Crippen LogP contribution >= 0.6 is 0 Å². The molecule has 1 aliphatic rings. The van der Waals surface area contributed by atoms with Gasteiger partial charge in [-0.2, -0.15) is 0 Å². The number of β-amino-alcohol motifs (C(OH)–C–C–N with tert-alkyl or cyclic N) is 1. The Morgan fingerprint density at radius 1 is 1.38 bits per heavy atom. The monoisotopic (exact) mass is 291 g/mol. The number of benzene rings is 1. The molecule has 1 aromatic carbocycles. The zero-order chi connectivity index (χ0) is 15.1. The maximum absolute atomic E-state index is 12.1. The molecule has 4 heteroatoms. The molecule has 116 valence electrons. The number of fused-ring (bicyclic) bond motifs is 1. The summed E-state index contributed by atoms with van der Waals surface area (Å²) < 4.78 is 5.47. The molecule has 0 saturated heterocycles. The number of hydrogen-bond donors (Lipinski definition) is 1. The number of aliphatic hydroxyl groups is 1. The molecule has 2 rings (SSSR count). The van der Waals surface area contributed by atoms with Crippen molar-refractivity contribution in [3.8, 4) is 0 Å². The molecule has 1 aliphatic heterocycles. The van der Waals surface area contributed by atoms with Gasteiger partial charge in [-0.05, 0) is 25.0 Å². The predicted molar refractivity (Wildman–Crippen MR) is 84.0 cm³/mol. The smallest absolute Gasteiger partial charge is 0.165 e. The summed E-state index contributed by atoms with van der Waals surface area (Å²) in [6, 6.07) is 7.67. The largest absolute Gasteiger partial charge is 0.389 e. The normalized spacial score (nSPS) is 16.5. The molecular weight excluding hydrogens is 266 g/mol. The Labute approximate surface area is 126 Å². The molecule has 0 amide bonds. The van der Waals surface area contributed by atoms with Crippen LogP contribution in [-0.2, 0) is 4.74 Å². The zero-order valence-corrected chi connectivity index (χ0v) is 12.8. The standard InChI is InChI=1S/C17H25NO3/c1-2-3-11-21-13-14(19)12-18-10-6-9-17(20)15-7-4-5-8-16(15)18/h4-5,7-8,14,19H,2-3,6,9-13H2,1H3. The van der Waals surface area contributed by atoms with E-state index in [2.05, 4.69) is 11.8 Å². The summed E-state index contributed by atoms with van der Waals surface area (Å²) in [6.07, 6.45) is 3.00. The Hall–Kier alpha value is -1.39. The number of aliphatic hydroxyl groups excluding tert-OH is 1. The van der Waals surface area contributed by atoms with Gasteiger partial charge in [-0.1, -0.05) is 25.5 Å². The summed E-state index contributed by atoms with van der Waals surface area (Å²) in [5.41, 5.74) is 1.71. The van der Waals surface area contributed by atoms with E-state index in [0.717, 1.165) is 37.1 Å². The second kappa shape index (κ2) is 8.15. The summed E-state index contributed by atoms with van der Waals surface area (Å²) in [6.45, 7) is 4.48.